The van der Waals surface area contributed by atoms with Crippen molar-refractivity contribution in [3.05, 3.63) is 138 Å². The lowest BCUT2D eigenvalue weighted by Gasteiger charge is -2.27. The number of benzene rings is 4. The number of primary amides is 1. The fourth-order valence-corrected chi connectivity index (χ4v) is 10.6. The Morgan fingerprint density at radius 3 is 1.06 bits per heavy atom. The number of amides is 12. The van der Waals surface area contributed by atoms with E-state index in [9.17, 15) is 72.9 Å². The number of guanidine groups is 2. The molecule has 30 N–H and O–H groups in total. The Balaban J connectivity index is 1.46. The number of phenols is 1. The van der Waals surface area contributed by atoms with E-state index in [4.69, 9.17) is 45.9 Å². The topological polar surface area (TPSA) is 631 Å². The van der Waals surface area contributed by atoms with E-state index in [1.54, 1.807) is 103 Å². The molecular weight excluding hydrogens is 1370 g/mol. The molecule has 0 aromatic heterocycles. The van der Waals surface area contributed by atoms with Crippen LogP contribution in [-0.4, -0.2) is 211 Å². The highest BCUT2D eigenvalue weighted by atomic mass is 16.3. The Bertz CT molecular complexity index is 3540. The number of unbranched alkanes of at least 4 members (excludes halogenated alkanes) is 2. The number of nitrogens with one attached hydrogen (secondary N) is 11. The first-order chi connectivity index (χ1) is 50.7. The summed E-state index contributed by atoms with van der Waals surface area (Å²) in [6, 6.07) is 17.2. The molecule has 0 unspecified atom stereocenters. The van der Waals surface area contributed by atoms with Gasteiger partial charge < -0.3 is 120 Å². The second-order valence-corrected chi connectivity index (χ2v) is 24.9. The van der Waals surface area contributed by atoms with Gasteiger partial charge in [0.05, 0.1) is 32.3 Å². The first-order valence-electron chi connectivity index (χ1n) is 34.7. The number of aliphatic hydroxyl groups is 2. The maximum Gasteiger partial charge on any atom is 0.245 e. The average Bonchev–Trinajstić information content (AvgIpc) is 0.861. The van der Waals surface area contributed by atoms with Gasteiger partial charge in [0, 0.05) is 32.4 Å². The lowest BCUT2D eigenvalue weighted by Crippen LogP contribution is -2.60. The summed E-state index contributed by atoms with van der Waals surface area (Å²) >= 11 is 0. The van der Waals surface area contributed by atoms with E-state index in [0.717, 1.165) is 0 Å². The summed E-state index contributed by atoms with van der Waals surface area (Å²) in [7, 11) is 0. The van der Waals surface area contributed by atoms with Crippen LogP contribution in [-0.2, 0) is 83.2 Å². The molecule has 0 fully saturated rings. The number of carbonyl (C=O) groups excluding carboxylic acids is 12. The van der Waals surface area contributed by atoms with Crippen LogP contribution in [0.4, 0.5) is 0 Å². The van der Waals surface area contributed by atoms with Gasteiger partial charge in [-0.3, -0.25) is 67.5 Å². The number of aliphatic hydroxyl groups excluding tert-OH is 2. The van der Waals surface area contributed by atoms with E-state index < -0.39 is 158 Å². The van der Waals surface area contributed by atoms with Gasteiger partial charge in [-0.25, -0.2) is 0 Å². The molecule has 4 rings (SSSR count). The number of nitrogens with zero attached hydrogens (tertiary/aromatic N) is 2. The molecule has 578 valence electrons. The Morgan fingerprint density at radius 1 is 0.340 bits per heavy atom. The van der Waals surface area contributed by atoms with Crippen molar-refractivity contribution in [1.82, 2.24) is 58.5 Å². The summed E-state index contributed by atoms with van der Waals surface area (Å²) in [5, 5.41) is 58.2. The third-order valence-corrected chi connectivity index (χ3v) is 16.3. The van der Waals surface area contributed by atoms with Gasteiger partial charge in [-0.05, 0) is 118 Å². The number of rotatable bonds is 49. The zero-order valence-electron chi connectivity index (χ0n) is 59.1. The van der Waals surface area contributed by atoms with Crippen molar-refractivity contribution in [2.24, 2.45) is 55.9 Å². The van der Waals surface area contributed by atoms with E-state index in [-0.39, 0.29) is 108 Å². The van der Waals surface area contributed by atoms with Crippen LogP contribution in [0.5, 0.6) is 5.75 Å². The Hall–Kier alpha value is -11.3. The minimum Gasteiger partial charge on any atom is -0.508 e. The molecule has 106 heavy (non-hydrogen) atoms. The molecule has 0 bridgehead atoms. The van der Waals surface area contributed by atoms with Crippen molar-refractivity contribution in [2.45, 2.75) is 150 Å². The smallest absolute Gasteiger partial charge is 0.245 e. The molecular formula is C70H103N21O15. The molecule has 0 spiro atoms. The number of phenolic OH excluding ortho intramolecular Hbond substituents is 1. The van der Waals surface area contributed by atoms with Crippen LogP contribution in [0.1, 0.15) is 86.5 Å². The zero-order valence-corrected chi connectivity index (χ0v) is 59.1. The van der Waals surface area contributed by atoms with Gasteiger partial charge in [0.2, 0.25) is 70.9 Å². The van der Waals surface area contributed by atoms with Crippen LogP contribution in [0.25, 0.3) is 0 Å². The molecule has 12 amide bonds. The number of hydrogen-bond acceptors (Lipinski definition) is 20. The lowest BCUT2D eigenvalue weighted by atomic mass is 10.0. The predicted octanol–water partition coefficient (Wildman–Crippen LogP) is -6.58. The van der Waals surface area contributed by atoms with E-state index in [1.165, 1.54) is 12.1 Å². The highest BCUT2D eigenvalue weighted by Gasteiger charge is 2.35. The molecule has 0 saturated heterocycles. The minimum absolute atomic E-state index is 0.000446. The lowest BCUT2D eigenvalue weighted by molar-refractivity contribution is -0.135. The Kier molecular flexibility index (Phi) is 39.3. The number of aliphatic imine (C=N–C) groups is 2. The highest BCUT2D eigenvalue weighted by Crippen LogP contribution is 2.14. The van der Waals surface area contributed by atoms with Crippen LogP contribution < -0.4 is 104 Å². The van der Waals surface area contributed by atoms with Crippen molar-refractivity contribution in [3.8, 4) is 5.75 Å². The first-order valence-corrected chi connectivity index (χ1v) is 34.7. The molecule has 0 aliphatic carbocycles. The molecule has 0 radical (unpaired) electrons. The number of carbonyl (C=O) groups is 12. The van der Waals surface area contributed by atoms with E-state index in [0.29, 0.717) is 47.9 Å². The van der Waals surface area contributed by atoms with Crippen molar-refractivity contribution in [3.63, 3.8) is 0 Å². The molecule has 0 heterocycles. The summed E-state index contributed by atoms with van der Waals surface area (Å²) in [4.78, 5) is 173. The number of aromatic hydroxyl groups is 1. The van der Waals surface area contributed by atoms with Gasteiger partial charge in [0.15, 0.2) is 11.9 Å². The molecule has 0 aliphatic heterocycles. The first kappa shape index (κ1) is 87.1. The van der Waals surface area contributed by atoms with Gasteiger partial charge in [0.25, 0.3) is 0 Å². The van der Waals surface area contributed by atoms with Crippen molar-refractivity contribution in [1.29, 1.82) is 0 Å². The van der Waals surface area contributed by atoms with Gasteiger partial charge in [-0.15, -0.1) is 0 Å². The van der Waals surface area contributed by atoms with Crippen molar-refractivity contribution >= 4 is 82.8 Å². The largest absolute Gasteiger partial charge is 0.508 e. The van der Waals surface area contributed by atoms with Gasteiger partial charge >= 0.3 is 0 Å². The quantitative estimate of drug-likeness (QED) is 0.0111. The molecule has 4 aromatic rings. The zero-order chi connectivity index (χ0) is 77.9. The average molecular weight is 1480 g/mol. The predicted molar refractivity (Wildman–Crippen MR) is 393 cm³/mol. The SMILES string of the molecule is NCCCC[C@H](NC(=O)[C@H](CCCCN)NC(=O)[C@H](CCCN=C(N)N)NC(=O)[C@H](CO)NC(=O)[C@@H](N)Cc1ccc(O)cc1)C(=O)NCC(=O)NCC(=O)N[C@@H](Cc1ccccc1)C(=O)N[C@@H](CO)C(=O)N[C@@H](Cc1ccccc1)C(=O)N[C@@H](CCCN=C(N)N)C(=O)N[C@@H](Cc1ccccc1)C(N)=O. The Morgan fingerprint density at radius 2 is 0.660 bits per heavy atom. The third-order valence-electron chi connectivity index (χ3n) is 16.3. The monoisotopic (exact) mass is 1480 g/mol. The summed E-state index contributed by atoms with van der Waals surface area (Å²) < 4.78 is 0. The third kappa shape index (κ3) is 33.4. The van der Waals surface area contributed by atoms with Crippen molar-refractivity contribution < 1.29 is 72.9 Å². The summed E-state index contributed by atoms with van der Waals surface area (Å²) in [6.45, 7) is -2.96. The van der Waals surface area contributed by atoms with Crippen LogP contribution >= 0.6 is 0 Å². The minimum atomic E-state index is -1.76. The van der Waals surface area contributed by atoms with Crippen LogP contribution in [0.2, 0.25) is 0 Å². The molecule has 10 atom stereocenters. The molecule has 36 nitrogen and oxygen atoms in total. The fourth-order valence-electron chi connectivity index (χ4n) is 10.6. The highest BCUT2D eigenvalue weighted by molar-refractivity contribution is 5.99. The van der Waals surface area contributed by atoms with Gasteiger partial charge in [-0.1, -0.05) is 103 Å². The van der Waals surface area contributed by atoms with Gasteiger partial charge in [0.1, 0.15) is 60.1 Å². The maximum atomic E-state index is 14.4. The fraction of sp³-hybridized carbons (Fsp3) is 0.457. The van der Waals surface area contributed by atoms with E-state index in [2.05, 4.69) is 68.5 Å². The summed E-state index contributed by atoms with van der Waals surface area (Å²) in [5.41, 5.74) is 47.7. The Labute approximate surface area is 613 Å². The molecule has 4 aromatic carbocycles. The maximum absolute atomic E-state index is 14.4. The van der Waals surface area contributed by atoms with Crippen LogP contribution in [0.3, 0.4) is 0 Å². The molecule has 0 aliphatic rings. The number of hydrogen-bond donors (Lipinski definition) is 22. The van der Waals surface area contributed by atoms with Gasteiger partial charge in [-0.2, -0.15) is 0 Å². The second-order valence-electron chi connectivity index (χ2n) is 24.9. The molecule has 36 heteroatoms. The number of nitrogens with two attached hydrogens (primary N) is 8. The van der Waals surface area contributed by atoms with Crippen molar-refractivity contribution in [2.75, 3.05) is 52.5 Å². The summed E-state index contributed by atoms with van der Waals surface area (Å²) in [5.74, 6) is -11.3. The normalized spacial score (nSPS) is 13.7. The van der Waals surface area contributed by atoms with Crippen LogP contribution in [0, 0.1) is 0 Å². The standard InChI is InChI=1S/C70H103N21O15/c71-30-12-10-22-48(84-62(100)49(23-11-13-31-72)85-63(101)50(24-14-32-79-69(75)76)87-67(105)55(40-92)90-60(98)47(73)34-45-26-28-46(94)29-27-45)61(99)82-38-57(95)81-39-58(96)83-53(36-43-18-6-2-7-19-43)65(103)91-56(41-93)68(106)89-54(37-44-20-8-3-9-21-44)66(104)86-51(25-15-33-80-70(77)78)64(102)88-52(59(74)97)35-42-16-4-1-5-17-42/h1-9,16-21,26-29,47-56,92-94H,10-15,22-25,30-41,71-73H2,(H2,74,97)(H,81,95)(H,82,99)(H,83,96)(H,84,100)(H,85,101)(H,86,104)(H,87,105)(H,88,102)(H,89,106)(H,90,98)(H,91,103)(H4,75,76,79)(H4,77,78,80)/t47-,48-,49-,50-,51-,52-,53-,54-,55-,56-/m0/s1. The molecule has 0 saturated carbocycles. The summed E-state index contributed by atoms with van der Waals surface area (Å²) in [6.07, 6.45) is 1.14. The second kappa shape index (κ2) is 47.8. The van der Waals surface area contributed by atoms with E-state index in [1.807, 2.05) is 0 Å². The van der Waals surface area contributed by atoms with Crippen LogP contribution in [0.15, 0.2) is 125 Å². The van der Waals surface area contributed by atoms with E-state index >= 15 is 0 Å².